The van der Waals surface area contributed by atoms with Gasteiger partial charge in [-0.15, -0.1) is 0 Å². The van der Waals surface area contributed by atoms with Gasteiger partial charge in [0.1, 0.15) is 0 Å². The summed E-state index contributed by atoms with van der Waals surface area (Å²) in [5, 5.41) is 4.23. The first-order chi connectivity index (χ1) is 6.34. The van der Waals surface area contributed by atoms with Crippen LogP contribution in [0.3, 0.4) is 0 Å². The van der Waals surface area contributed by atoms with E-state index in [0.717, 1.165) is 5.13 Å². The second-order valence-electron chi connectivity index (χ2n) is 3.44. The van der Waals surface area contributed by atoms with Gasteiger partial charge in [-0.3, -0.25) is 0 Å². The smallest absolute Gasteiger partial charge is 0.233 e. The second-order valence-corrected chi connectivity index (χ2v) is 4.19. The first-order valence-corrected chi connectivity index (χ1v) is 5.47. The van der Waals surface area contributed by atoms with Crippen LogP contribution in [-0.2, 0) is 0 Å². The van der Waals surface area contributed by atoms with Gasteiger partial charge in [0.15, 0.2) is 0 Å². The third-order valence-corrected chi connectivity index (χ3v) is 3.03. The molecule has 1 aromatic rings. The van der Waals surface area contributed by atoms with Gasteiger partial charge in [0.05, 0.1) is 0 Å². The molecule has 13 heavy (non-hydrogen) atoms. The van der Waals surface area contributed by atoms with Crippen molar-refractivity contribution in [3.63, 3.8) is 0 Å². The number of nitrogens with zero attached hydrogens (tertiary/aromatic N) is 2. The molecule has 0 spiro atoms. The molecular formula is C8H14N4S. The van der Waals surface area contributed by atoms with Crippen LogP contribution < -0.4 is 11.1 Å². The van der Waals surface area contributed by atoms with Crippen LogP contribution in [0.1, 0.15) is 32.1 Å². The highest BCUT2D eigenvalue weighted by Gasteiger charge is 2.14. The molecule has 3 N–H and O–H groups in total. The lowest BCUT2D eigenvalue weighted by Gasteiger charge is -2.21. The molecular weight excluding hydrogens is 184 g/mol. The Morgan fingerprint density at radius 3 is 2.69 bits per heavy atom. The number of hydrogen-bond donors (Lipinski definition) is 2. The highest BCUT2D eigenvalue weighted by Crippen LogP contribution is 2.22. The van der Waals surface area contributed by atoms with E-state index in [9.17, 15) is 0 Å². The van der Waals surface area contributed by atoms with E-state index < -0.39 is 0 Å². The van der Waals surface area contributed by atoms with Crippen molar-refractivity contribution in [3.8, 4) is 0 Å². The molecule has 0 unspecified atom stereocenters. The number of nitrogens with two attached hydrogens (primary N) is 1. The van der Waals surface area contributed by atoms with E-state index >= 15 is 0 Å². The summed E-state index contributed by atoms with van der Waals surface area (Å²) in [7, 11) is 0. The van der Waals surface area contributed by atoms with E-state index in [1.807, 2.05) is 0 Å². The summed E-state index contributed by atoms with van der Waals surface area (Å²) in [6.45, 7) is 0. The van der Waals surface area contributed by atoms with Crippen molar-refractivity contribution in [2.75, 3.05) is 11.1 Å². The zero-order valence-corrected chi connectivity index (χ0v) is 8.31. The van der Waals surface area contributed by atoms with Crippen molar-refractivity contribution < 1.29 is 0 Å². The minimum absolute atomic E-state index is 0.378. The van der Waals surface area contributed by atoms with Crippen LogP contribution in [0.5, 0.6) is 0 Å². The Bertz CT molecular complexity index is 267. The third kappa shape index (κ3) is 2.30. The summed E-state index contributed by atoms with van der Waals surface area (Å²) in [6.07, 6.45) is 6.52. The Hall–Kier alpha value is -0.840. The standard InChI is InChI=1S/C8H14N4S/c9-7-11-8(13-12-7)10-6-4-2-1-3-5-6/h6H,1-5H2,(H3,9,10,11,12). The molecule has 2 rings (SSSR count). The summed E-state index contributed by atoms with van der Waals surface area (Å²) in [5.41, 5.74) is 5.43. The van der Waals surface area contributed by atoms with Gasteiger partial charge < -0.3 is 11.1 Å². The monoisotopic (exact) mass is 198 g/mol. The first-order valence-electron chi connectivity index (χ1n) is 4.70. The summed E-state index contributed by atoms with van der Waals surface area (Å²) in [4.78, 5) is 4.08. The van der Waals surface area contributed by atoms with Gasteiger partial charge in [-0.1, -0.05) is 19.3 Å². The Morgan fingerprint density at radius 2 is 2.08 bits per heavy atom. The topological polar surface area (TPSA) is 63.8 Å². The lowest BCUT2D eigenvalue weighted by atomic mass is 9.96. The summed E-state index contributed by atoms with van der Waals surface area (Å²) in [6, 6.07) is 0.584. The molecule has 0 atom stereocenters. The maximum Gasteiger partial charge on any atom is 0.233 e. The fourth-order valence-electron chi connectivity index (χ4n) is 1.72. The maximum absolute atomic E-state index is 5.43. The molecule has 0 aliphatic heterocycles. The number of nitrogen functional groups attached to an aromatic ring is 1. The molecule has 1 aromatic heterocycles. The van der Waals surface area contributed by atoms with Gasteiger partial charge in [0.2, 0.25) is 11.1 Å². The number of hydrogen-bond acceptors (Lipinski definition) is 5. The molecule has 0 aromatic carbocycles. The van der Waals surface area contributed by atoms with Gasteiger partial charge in [-0.25, -0.2) is 0 Å². The van der Waals surface area contributed by atoms with Crippen LogP contribution in [0.2, 0.25) is 0 Å². The molecule has 0 saturated heterocycles. The normalized spacial score (nSPS) is 18.8. The van der Waals surface area contributed by atoms with Crippen LogP contribution in [0.15, 0.2) is 0 Å². The van der Waals surface area contributed by atoms with Gasteiger partial charge in [-0.05, 0) is 12.8 Å². The summed E-state index contributed by atoms with van der Waals surface area (Å²) < 4.78 is 3.93. The van der Waals surface area contributed by atoms with Crippen LogP contribution in [0.4, 0.5) is 11.1 Å². The molecule has 0 radical (unpaired) electrons. The van der Waals surface area contributed by atoms with E-state index in [-0.39, 0.29) is 0 Å². The lowest BCUT2D eigenvalue weighted by Crippen LogP contribution is -2.21. The molecule has 72 valence electrons. The van der Waals surface area contributed by atoms with Crippen molar-refractivity contribution in [2.24, 2.45) is 0 Å². The van der Waals surface area contributed by atoms with Crippen molar-refractivity contribution in [2.45, 2.75) is 38.1 Å². The average Bonchev–Trinajstić information content (AvgIpc) is 2.53. The van der Waals surface area contributed by atoms with E-state index in [2.05, 4.69) is 14.7 Å². The first kappa shape index (κ1) is 8.74. The summed E-state index contributed by atoms with van der Waals surface area (Å²) >= 11 is 1.35. The predicted octanol–water partition coefficient (Wildman–Crippen LogP) is 1.86. The van der Waals surface area contributed by atoms with Crippen molar-refractivity contribution in [3.05, 3.63) is 0 Å². The zero-order chi connectivity index (χ0) is 9.10. The number of nitrogens with one attached hydrogen (secondary N) is 1. The highest BCUT2D eigenvalue weighted by molar-refractivity contribution is 7.09. The van der Waals surface area contributed by atoms with Crippen molar-refractivity contribution in [1.82, 2.24) is 9.36 Å². The predicted molar refractivity (Wildman–Crippen MR) is 54.8 cm³/mol. The van der Waals surface area contributed by atoms with Gasteiger partial charge >= 0.3 is 0 Å². The molecule has 4 nitrogen and oxygen atoms in total. The molecule has 1 heterocycles. The Balaban J connectivity index is 1.89. The fourth-order valence-corrected chi connectivity index (χ4v) is 2.29. The molecule has 1 aliphatic rings. The van der Waals surface area contributed by atoms with Crippen LogP contribution >= 0.6 is 11.5 Å². The number of aromatic nitrogens is 2. The number of anilines is 2. The average molecular weight is 198 g/mol. The molecule has 1 fully saturated rings. The van der Waals surface area contributed by atoms with Crippen molar-refractivity contribution >= 4 is 22.6 Å². The molecule has 0 amide bonds. The van der Waals surface area contributed by atoms with Gasteiger partial charge in [0.25, 0.3) is 0 Å². The molecule has 0 bridgehead atoms. The van der Waals surface area contributed by atoms with Gasteiger partial charge in [0, 0.05) is 17.6 Å². The quantitative estimate of drug-likeness (QED) is 0.761. The minimum atomic E-state index is 0.378. The Labute approximate surface area is 81.7 Å². The Morgan fingerprint density at radius 1 is 1.31 bits per heavy atom. The summed E-state index contributed by atoms with van der Waals surface area (Å²) in [5.74, 6) is 0.378. The van der Waals surface area contributed by atoms with Gasteiger partial charge in [-0.2, -0.15) is 9.36 Å². The van der Waals surface area contributed by atoms with E-state index in [1.54, 1.807) is 0 Å². The molecule has 1 aliphatic carbocycles. The number of rotatable bonds is 2. The second kappa shape index (κ2) is 3.91. The van der Waals surface area contributed by atoms with E-state index in [1.165, 1.54) is 43.6 Å². The van der Waals surface area contributed by atoms with E-state index in [4.69, 9.17) is 5.73 Å². The third-order valence-electron chi connectivity index (χ3n) is 2.37. The van der Waals surface area contributed by atoms with E-state index in [0.29, 0.717) is 12.0 Å². The lowest BCUT2D eigenvalue weighted by molar-refractivity contribution is 0.462. The van der Waals surface area contributed by atoms with Crippen LogP contribution in [-0.4, -0.2) is 15.4 Å². The SMILES string of the molecule is Nc1nsc(NC2CCCCC2)n1. The Kier molecular flexibility index (Phi) is 2.63. The van der Waals surface area contributed by atoms with Crippen molar-refractivity contribution in [1.29, 1.82) is 0 Å². The molecule has 1 saturated carbocycles. The fraction of sp³-hybridized carbons (Fsp3) is 0.750. The van der Waals surface area contributed by atoms with Crippen LogP contribution in [0.25, 0.3) is 0 Å². The molecule has 5 heteroatoms. The highest BCUT2D eigenvalue weighted by atomic mass is 32.1. The minimum Gasteiger partial charge on any atom is -0.367 e. The largest absolute Gasteiger partial charge is 0.367 e. The van der Waals surface area contributed by atoms with Crippen LogP contribution in [0, 0.1) is 0 Å². The zero-order valence-electron chi connectivity index (χ0n) is 7.49. The maximum atomic E-state index is 5.43.